The van der Waals surface area contributed by atoms with Crippen molar-refractivity contribution in [1.82, 2.24) is 0 Å². The Morgan fingerprint density at radius 3 is 1.85 bits per heavy atom. The Bertz CT molecular complexity index is 331. The van der Waals surface area contributed by atoms with E-state index in [9.17, 15) is 0 Å². The molecule has 1 unspecified atom stereocenters. The molecule has 0 N–H and O–H groups in total. The van der Waals surface area contributed by atoms with Crippen molar-refractivity contribution in [2.24, 2.45) is 5.92 Å². The van der Waals surface area contributed by atoms with Crippen LogP contribution in [0.5, 0.6) is 0 Å². The van der Waals surface area contributed by atoms with E-state index < -0.39 is 0 Å². The molecule has 114 valence electrons. The molecule has 0 aromatic rings. The van der Waals surface area contributed by atoms with Gasteiger partial charge in [0.05, 0.1) is 0 Å². The molecule has 20 heavy (non-hydrogen) atoms. The van der Waals surface area contributed by atoms with Crippen LogP contribution in [0.4, 0.5) is 0 Å². The molecule has 1 atom stereocenters. The lowest BCUT2D eigenvalue weighted by atomic mass is 10.1. The molecule has 0 saturated heterocycles. The minimum atomic E-state index is 0.663. The molecule has 0 radical (unpaired) electrons. The van der Waals surface area contributed by atoms with E-state index in [1.165, 1.54) is 24.0 Å². The molecule has 0 aromatic heterocycles. The summed E-state index contributed by atoms with van der Waals surface area (Å²) in [4.78, 5) is 0. The zero-order chi connectivity index (χ0) is 16.0. The van der Waals surface area contributed by atoms with Gasteiger partial charge in [-0.05, 0) is 59.3 Å². The molecule has 0 bridgehead atoms. The Balaban J connectivity index is 0. The van der Waals surface area contributed by atoms with Crippen LogP contribution in [-0.4, -0.2) is 0 Å². The van der Waals surface area contributed by atoms with Gasteiger partial charge in [-0.25, -0.2) is 0 Å². The number of allylic oxidation sites excluding steroid dienone is 7. The summed E-state index contributed by atoms with van der Waals surface area (Å²) in [5.41, 5.74) is 3.91. The van der Waals surface area contributed by atoms with Gasteiger partial charge < -0.3 is 0 Å². The molecule has 0 fully saturated rings. The fourth-order valence-corrected chi connectivity index (χ4v) is 1.40. The van der Waals surface area contributed by atoms with Crippen molar-refractivity contribution in [2.45, 2.75) is 60.3 Å². The highest BCUT2D eigenvalue weighted by Crippen LogP contribution is 2.07. The fourth-order valence-electron chi connectivity index (χ4n) is 1.40. The van der Waals surface area contributed by atoms with Crippen molar-refractivity contribution in [1.29, 1.82) is 0 Å². The molecule has 0 nitrogen and oxygen atoms in total. The molecule has 0 saturated carbocycles. The van der Waals surface area contributed by atoms with Crippen LogP contribution in [0.1, 0.15) is 60.3 Å². The van der Waals surface area contributed by atoms with Gasteiger partial charge in [-0.1, -0.05) is 61.1 Å². The van der Waals surface area contributed by atoms with E-state index in [1.54, 1.807) is 0 Å². The molecule has 0 heteroatoms. The smallest absolute Gasteiger partial charge is 0.0250 e. The molecule has 0 aliphatic heterocycles. The SMILES string of the molecule is C=CC(=C)CCC=C(C)C.C=CC(C)CCC=C(C)C. The average Bonchev–Trinajstić information content (AvgIpc) is 2.38. The lowest BCUT2D eigenvalue weighted by molar-refractivity contribution is 0.658. The second-order valence-electron chi connectivity index (χ2n) is 5.75. The molecule has 0 amide bonds. The van der Waals surface area contributed by atoms with Gasteiger partial charge in [0, 0.05) is 0 Å². The van der Waals surface area contributed by atoms with Crippen molar-refractivity contribution in [3.8, 4) is 0 Å². The monoisotopic (exact) mass is 274 g/mol. The third-order valence-corrected chi connectivity index (χ3v) is 2.88. The van der Waals surface area contributed by atoms with E-state index in [0.29, 0.717) is 5.92 Å². The summed E-state index contributed by atoms with van der Waals surface area (Å²) in [6, 6.07) is 0. The van der Waals surface area contributed by atoms with E-state index in [-0.39, 0.29) is 0 Å². The number of hydrogen-bond acceptors (Lipinski definition) is 0. The topological polar surface area (TPSA) is 0 Å². The Kier molecular flexibility index (Phi) is 14.8. The molecular formula is C20H34. The summed E-state index contributed by atoms with van der Waals surface area (Å²) >= 11 is 0. The predicted molar refractivity (Wildman–Crippen MR) is 96.0 cm³/mol. The van der Waals surface area contributed by atoms with Gasteiger partial charge in [-0.3, -0.25) is 0 Å². The van der Waals surface area contributed by atoms with E-state index >= 15 is 0 Å². The van der Waals surface area contributed by atoms with Crippen molar-refractivity contribution >= 4 is 0 Å². The van der Waals surface area contributed by atoms with E-state index in [4.69, 9.17) is 0 Å². The number of hydrogen-bond donors (Lipinski definition) is 0. The second-order valence-corrected chi connectivity index (χ2v) is 5.75. The summed E-state index contributed by atoms with van der Waals surface area (Å²) in [5, 5.41) is 0. The van der Waals surface area contributed by atoms with Gasteiger partial charge in [0.25, 0.3) is 0 Å². The van der Waals surface area contributed by atoms with Gasteiger partial charge in [0.1, 0.15) is 0 Å². The maximum Gasteiger partial charge on any atom is -0.0250 e. The quantitative estimate of drug-likeness (QED) is 0.329. The second kappa shape index (κ2) is 14.1. The summed E-state index contributed by atoms with van der Waals surface area (Å²) in [6.07, 6.45) is 12.9. The first-order valence-corrected chi connectivity index (χ1v) is 7.53. The minimum absolute atomic E-state index is 0.663. The highest BCUT2D eigenvalue weighted by Gasteiger charge is 1.92. The standard InChI is InChI=1S/C10H18.C10H16/c2*1-5-10(4)8-6-7-9(2)3/h5,7,10H,1,6,8H2,2-4H3;5,7H,1,4,6,8H2,2-3H3. The molecule has 0 aliphatic rings. The van der Waals surface area contributed by atoms with Crippen LogP contribution < -0.4 is 0 Å². The highest BCUT2D eigenvalue weighted by atomic mass is 14.0. The zero-order valence-electron chi connectivity index (χ0n) is 14.3. The van der Waals surface area contributed by atoms with Crippen LogP contribution in [0.15, 0.2) is 60.8 Å². The summed E-state index contributed by atoms with van der Waals surface area (Å²) in [6.45, 7) is 21.9. The molecule has 0 rings (SSSR count). The average molecular weight is 274 g/mol. The maximum absolute atomic E-state index is 3.82. The van der Waals surface area contributed by atoms with E-state index in [0.717, 1.165) is 18.4 Å². The van der Waals surface area contributed by atoms with Crippen molar-refractivity contribution < 1.29 is 0 Å². The molecular weight excluding hydrogens is 240 g/mol. The van der Waals surface area contributed by atoms with Crippen LogP contribution in [0.3, 0.4) is 0 Å². The highest BCUT2D eigenvalue weighted by molar-refractivity contribution is 5.11. The maximum atomic E-state index is 3.82. The largest absolute Gasteiger partial charge is 0.103 e. The summed E-state index contributed by atoms with van der Waals surface area (Å²) in [5.74, 6) is 0.663. The van der Waals surface area contributed by atoms with Gasteiger partial charge in [-0.2, -0.15) is 0 Å². The van der Waals surface area contributed by atoms with Gasteiger partial charge >= 0.3 is 0 Å². The first kappa shape index (κ1) is 21.0. The Hall–Kier alpha value is -1.30. The van der Waals surface area contributed by atoms with Gasteiger partial charge in [0.2, 0.25) is 0 Å². The third-order valence-electron chi connectivity index (χ3n) is 2.88. The minimum Gasteiger partial charge on any atom is -0.103 e. The third kappa shape index (κ3) is 19.0. The van der Waals surface area contributed by atoms with Gasteiger partial charge in [0.15, 0.2) is 0 Å². The Morgan fingerprint density at radius 1 is 0.950 bits per heavy atom. The van der Waals surface area contributed by atoms with Crippen LogP contribution in [0.2, 0.25) is 0 Å². The summed E-state index contributed by atoms with van der Waals surface area (Å²) in [7, 11) is 0. The molecule has 0 aliphatic carbocycles. The normalized spacial score (nSPS) is 10.4. The fraction of sp³-hybridized carbons (Fsp3) is 0.500. The molecule has 0 spiro atoms. The predicted octanol–water partition coefficient (Wildman–Crippen LogP) is 7.03. The molecule has 0 aromatic carbocycles. The first-order valence-electron chi connectivity index (χ1n) is 7.53. The Morgan fingerprint density at radius 2 is 1.45 bits per heavy atom. The van der Waals surface area contributed by atoms with Gasteiger partial charge in [-0.15, -0.1) is 6.58 Å². The van der Waals surface area contributed by atoms with E-state index in [1.807, 2.05) is 12.2 Å². The Labute approximate surface area is 127 Å². The van der Waals surface area contributed by atoms with Crippen molar-refractivity contribution in [3.63, 3.8) is 0 Å². The number of rotatable bonds is 8. The van der Waals surface area contributed by atoms with Crippen LogP contribution in [-0.2, 0) is 0 Å². The van der Waals surface area contributed by atoms with Crippen LogP contribution in [0.25, 0.3) is 0 Å². The van der Waals surface area contributed by atoms with Crippen molar-refractivity contribution in [3.05, 3.63) is 60.8 Å². The van der Waals surface area contributed by atoms with Crippen LogP contribution in [0, 0.1) is 5.92 Å². The summed E-state index contributed by atoms with van der Waals surface area (Å²) < 4.78 is 0. The zero-order valence-corrected chi connectivity index (χ0v) is 14.3. The van der Waals surface area contributed by atoms with Crippen LogP contribution >= 0.6 is 0 Å². The first-order chi connectivity index (χ1) is 9.33. The lowest BCUT2D eigenvalue weighted by Gasteiger charge is -2.01. The van der Waals surface area contributed by atoms with Crippen molar-refractivity contribution in [2.75, 3.05) is 0 Å². The lowest BCUT2D eigenvalue weighted by Crippen LogP contribution is -1.86. The molecule has 0 heterocycles. The van der Waals surface area contributed by atoms with E-state index in [2.05, 4.69) is 66.5 Å².